The Labute approximate surface area is 122 Å². The molecule has 0 spiro atoms. The van der Waals surface area contributed by atoms with Crippen LogP contribution in [0.2, 0.25) is 0 Å². The highest BCUT2D eigenvalue weighted by molar-refractivity contribution is 9.10. The van der Waals surface area contributed by atoms with Crippen LogP contribution in [0.3, 0.4) is 0 Å². The van der Waals surface area contributed by atoms with Gasteiger partial charge < -0.3 is 10.8 Å². The lowest BCUT2D eigenvalue weighted by Gasteiger charge is -2.03. The zero-order valence-corrected chi connectivity index (χ0v) is 11.9. The van der Waals surface area contributed by atoms with Gasteiger partial charge in [-0.15, -0.1) is 5.10 Å². The maximum atomic E-state index is 13.2. The van der Waals surface area contributed by atoms with Gasteiger partial charge in [-0.05, 0) is 23.8 Å². The number of carbonyl (C=O) groups is 1. The second-order valence-electron chi connectivity index (χ2n) is 4.33. The Bertz CT molecular complexity index is 611. The third-order valence-corrected chi connectivity index (χ3v) is 3.06. The molecule has 2 rings (SSSR count). The lowest BCUT2D eigenvalue weighted by molar-refractivity contribution is -0.138. The standard InChI is InChI=1S/C12H12BrFN4O2/c13-8-1-7(2-9(14)3-8)5-18-6-10(16-17-18)4-11(15)12(19)20/h1-3,6,11H,4-5,15H2,(H,19,20). The molecule has 106 valence electrons. The van der Waals surface area contributed by atoms with Crippen LogP contribution in [0, 0.1) is 5.82 Å². The molecule has 0 aliphatic carbocycles. The first-order valence-electron chi connectivity index (χ1n) is 5.76. The topological polar surface area (TPSA) is 94.0 Å². The van der Waals surface area contributed by atoms with Crippen LogP contribution in [0.4, 0.5) is 4.39 Å². The molecule has 1 atom stereocenters. The Morgan fingerprint density at radius 3 is 2.90 bits per heavy atom. The van der Waals surface area contributed by atoms with Crippen LogP contribution in [-0.2, 0) is 17.8 Å². The van der Waals surface area contributed by atoms with Crippen molar-refractivity contribution in [1.82, 2.24) is 15.0 Å². The van der Waals surface area contributed by atoms with Gasteiger partial charge in [-0.25, -0.2) is 9.07 Å². The second kappa shape index (κ2) is 6.10. The molecular weight excluding hydrogens is 331 g/mol. The van der Waals surface area contributed by atoms with Gasteiger partial charge in [-0.1, -0.05) is 21.1 Å². The third kappa shape index (κ3) is 3.84. The van der Waals surface area contributed by atoms with Crippen LogP contribution < -0.4 is 5.73 Å². The van der Waals surface area contributed by atoms with Crippen molar-refractivity contribution in [3.63, 3.8) is 0 Å². The minimum Gasteiger partial charge on any atom is -0.480 e. The summed E-state index contributed by atoms with van der Waals surface area (Å²) in [5.74, 6) is -1.43. The van der Waals surface area contributed by atoms with Crippen LogP contribution in [0.25, 0.3) is 0 Å². The molecule has 8 heteroatoms. The highest BCUT2D eigenvalue weighted by atomic mass is 79.9. The maximum absolute atomic E-state index is 13.2. The number of benzene rings is 1. The molecule has 0 saturated heterocycles. The Morgan fingerprint density at radius 1 is 1.50 bits per heavy atom. The van der Waals surface area contributed by atoms with Crippen molar-refractivity contribution in [3.8, 4) is 0 Å². The lowest BCUT2D eigenvalue weighted by Crippen LogP contribution is -2.32. The Morgan fingerprint density at radius 2 is 2.25 bits per heavy atom. The van der Waals surface area contributed by atoms with Crippen molar-refractivity contribution >= 4 is 21.9 Å². The summed E-state index contributed by atoms with van der Waals surface area (Å²) in [6.07, 6.45) is 1.70. The molecule has 1 aromatic carbocycles. The van der Waals surface area contributed by atoms with Gasteiger partial charge in [0.15, 0.2) is 0 Å². The van der Waals surface area contributed by atoms with E-state index in [-0.39, 0.29) is 12.2 Å². The van der Waals surface area contributed by atoms with Gasteiger partial charge in [-0.3, -0.25) is 4.79 Å². The number of nitrogens with zero attached hydrogens (tertiary/aromatic N) is 3. The summed E-state index contributed by atoms with van der Waals surface area (Å²) in [6.45, 7) is 0.339. The SMILES string of the molecule is NC(Cc1cn(Cc2cc(F)cc(Br)c2)nn1)C(=O)O. The molecule has 1 unspecified atom stereocenters. The number of hydrogen-bond acceptors (Lipinski definition) is 4. The molecule has 6 nitrogen and oxygen atoms in total. The first kappa shape index (κ1) is 14.6. The summed E-state index contributed by atoms with van der Waals surface area (Å²) < 4.78 is 15.4. The smallest absolute Gasteiger partial charge is 0.320 e. The average molecular weight is 343 g/mol. The fourth-order valence-corrected chi connectivity index (χ4v) is 2.22. The number of carboxylic acids is 1. The van der Waals surface area contributed by atoms with Crippen LogP contribution in [0.1, 0.15) is 11.3 Å². The van der Waals surface area contributed by atoms with Gasteiger partial charge in [0.1, 0.15) is 11.9 Å². The predicted octanol–water partition coefficient (Wildman–Crippen LogP) is 1.18. The van der Waals surface area contributed by atoms with Crippen molar-refractivity contribution in [2.75, 3.05) is 0 Å². The zero-order chi connectivity index (χ0) is 14.7. The van der Waals surface area contributed by atoms with E-state index in [1.54, 1.807) is 12.3 Å². The van der Waals surface area contributed by atoms with Crippen LogP contribution >= 0.6 is 15.9 Å². The highest BCUT2D eigenvalue weighted by Crippen LogP contribution is 2.15. The molecule has 0 amide bonds. The fraction of sp³-hybridized carbons (Fsp3) is 0.250. The quantitative estimate of drug-likeness (QED) is 0.850. The number of aromatic nitrogens is 3. The minimum absolute atomic E-state index is 0.0994. The van der Waals surface area contributed by atoms with E-state index in [0.717, 1.165) is 5.56 Å². The number of hydrogen-bond donors (Lipinski definition) is 2. The first-order valence-corrected chi connectivity index (χ1v) is 6.55. The van der Waals surface area contributed by atoms with E-state index < -0.39 is 12.0 Å². The summed E-state index contributed by atoms with van der Waals surface area (Å²) in [4.78, 5) is 10.6. The van der Waals surface area contributed by atoms with Crippen molar-refractivity contribution in [3.05, 3.63) is 45.9 Å². The maximum Gasteiger partial charge on any atom is 0.320 e. The van der Waals surface area contributed by atoms with Crippen LogP contribution in [0.5, 0.6) is 0 Å². The molecule has 3 N–H and O–H groups in total. The molecule has 0 fully saturated rings. The molecular formula is C12H12BrFN4O2. The average Bonchev–Trinajstić information content (AvgIpc) is 2.74. The van der Waals surface area contributed by atoms with Gasteiger partial charge in [0.2, 0.25) is 0 Å². The highest BCUT2D eigenvalue weighted by Gasteiger charge is 2.14. The molecule has 20 heavy (non-hydrogen) atoms. The summed E-state index contributed by atoms with van der Waals surface area (Å²) in [5, 5.41) is 16.4. The largest absolute Gasteiger partial charge is 0.480 e. The van der Waals surface area contributed by atoms with Crippen molar-refractivity contribution < 1.29 is 14.3 Å². The van der Waals surface area contributed by atoms with Gasteiger partial charge >= 0.3 is 5.97 Å². The fourth-order valence-electron chi connectivity index (χ4n) is 1.71. The van der Waals surface area contributed by atoms with Crippen molar-refractivity contribution in [2.24, 2.45) is 5.73 Å². The molecule has 0 radical (unpaired) electrons. The molecule has 0 saturated carbocycles. The number of aliphatic carboxylic acids is 1. The second-order valence-corrected chi connectivity index (χ2v) is 5.25. The van der Waals surface area contributed by atoms with Crippen LogP contribution in [-0.4, -0.2) is 32.1 Å². The van der Waals surface area contributed by atoms with Crippen LogP contribution in [0.15, 0.2) is 28.9 Å². The third-order valence-electron chi connectivity index (χ3n) is 2.60. The number of halogens is 2. The van der Waals surface area contributed by atoms with Gasteiger partial charge in [0.05, 0.1) is 12.2 Å². The van der Waals surface area contributed by atoms with Crippen molar-refractivity contribution in [2.45, 2.75) is 19.0 Å². The molecule has 0 aliphatic heterocycles. The Hall–Kier alpha value is -1.80. The summed E-state index contributed by atoms with van der Waals surface area (Å²) in [6, 6.07) is 3.52. The Balaban J connectivity index is 2.07. The predicted molar refractivity (Wildman–Crippen MR) is 72.5 cm³/mol. The number of nitrogens with two attached hydrogens (primary N) is 1. The lowest BCUT2D eigenvalue weighted by atomic mass is 10.2. The zero-order valence-electron chi connectivity index (χ0n) is 10.3. The molecule has 1 heterocycles. The van der Waals surface area contributed by atoms with E-state index in [0.29, 0.717) is 16.7 Å². The van der Waals surface area contributed by atoms with E-state index in [2.05, 4.69) is 26.2 Å². The van der Waals surface area contributed by atoms with E-state index in [1.165, 1.54) is 16.8 Å². The van der Waals surface area contributed by atoms with E-state index >= 15 is 0 Å². The van der Waals surface area contributed by atoms with E-state index in [1.807, 2.05) is 0 Å². The van der Waals surface area contributed by atoms with E-state index in [4.69, 9.17) is 10.8 Å². The minimum atomic E-state index is -1.09. The Kier molecular flexibility index (Phi) is 4.46. The van der Waals surface area contributed by atoms with Gasteiger partial charge in [0, 0.05) is 17.1 Å². The first-order chi connectivity index (χ1) is 9.44. The molecule has 2 aromatic rings. The summed E-state index contributed by atoms with van der Waals surface area (Å²) in [7, 11) is 0. The molecule has 0 aliphatic rings. The van der Waals surface area contributed by atoms with E-state index in [9.17, 15) is 9.18 Å². The van der Waals surface area contributed by atoms with Gasteiger partial charge in [0.25, 0.3) is 0 Å². The summed E-state index contributed by atoms with van der Waals surface area (Å²) in [5.41, 5.74) is 6.62. The number of carboxylic acid groups (broad SMARTS) is 1. The van der Waals surface area contributed by atoms with Crippen molar-refractivity contribution in [1.29, 1.82) is 0 Å². The summed E-state index contributed by atoms with van der Waals surface area (Å²) >= 11 is 3.21. The molecule has 0 bridgehead atoms. The normalized spacial score (nSPS) is 12.3. The monoisotopic (exact) mass is 342 g/mol. The van der Waals surface area contributed by atoms with Gasteiger partial charge in [-0.2, -0.15) is 0 Å². The molecule has 1 aromatic heterocycles. The number of rotatable bonds is 5.